The molecule has 1 atom stereocenters. The summed E-state index contributed by atoms with van der Waals surface area (Å²) < 4.78 is 11.2. The maximum Gasteiger partial charge on any atom is 0.361 e. The zero-order chi connectivity index (χ0) is 39.3. The highest BCUT2D eigenvalue weighted by molar-refractivity contribution is 6.35. The number of carbonyl (C=O) groups excluding carboxylic acids is 1. The van der Waals surface area contributed by atoms with Crippen molar-refractivity contribution < 1.29 is 39.7 Å². The summed E-state index contributed by atoms with van der Waals surface area (Å²) in [5.41, 5.74) is 2.97. The van der Waals surface area contributed by atoms with Crippen molar-refractivity contribution in [3.63, 3.8) is 0 Å². The Morgan fingerprint density at radius 2 is 1.15 bits per heavy atom. The number of aromatic hydroxyl groups is 1. The summed E-state index contributed by atoms with van der Waals surface area (Å²) >= 11 is 12.2. The molecule has 0 bridgehead atoms. The van der Waals surface area contributed by atoms with E-state index in [9.17, 15) is 25.4 Å². The third-order valence-electron chi connectivity index (χ3n) is 9.36. The lowest BCUT2D eigenvalue weighted by Gasteiger charge is -2.31. The molecule has 0 aromatic heterocycles. The van der Waals surface area contributed by atoms with Crippen LogP contribution in [0.3, 0.4) is 0 Å². The minimum Gasteiger partial charge on any atom is -0.508 e. The summed E-state index contributed by atoms with van der Waals surface area (Å²) in [6.45, 7) is 1.93. The number of ether oxygens (including phenoxy) is 2. The predicted octanol–water partition coefficient (Wildman–Crippen LogP) is 10.2. The van der Waals surface area contributed by atoms with Crippen LogP contribution in [0.1, 0.15) is 84.4 Å². The van der Waals surface area contributed by atoms with Crippen molar-refractivity contribution in [2.45, 2.75) is 69.7 Å². The zero-order valence-corrected chi connectivity index (χ0v) is 32.4. The van der Waals surface area contributed by atoms with E-state index in [1.807, 2.05) is 97.1 Å². The number of aliphatic hydroxyl groups excluding tert-OH is 2. The maximum atomic E-state index is 12.8. The van der Waals surface area contributed by atoms with Crippen LogP contribution in [-0.4, -0.2) is 46.4 Å². The molecular weight excluding hydrogens is 739 g/mol. The number of aliphatic hydroxyl groups is 2. The highest BCUT2D eigenvalue weighted by Gasteiger charge is 2.45. The van der Waals surface area contributed by atoms with E-state index in [0.717, 1.165) is 72.9 Å². The first-order valence-corrected chi connectivity index (χ1v) is 19.3. The van der Waals surface area contributed by atoms with E-state index < -0.39 is 17.5 Å². The Bertz CT molecular complexity index is 1720. The van der Waals surface area contributed by atoms with Gasteiger partial charge in [-0.05, 0) is 59.4 Å². The van der Waals surface area contributed by atoms with Crippen molar-refractivity contribution in [3.05, 3.63) is 171 Å². The van der Waals surface area contributed by atoms with Crippen molar-refractivity contribution in [2.24, 2.45) is 0 Å². The molecule has 0 aliphatic heterocycles. The second-order valence-corrected chi connectivity index (χ2v) is 13.9. The molecule has 5 rings (SSSR count). The second kappa shape index (κ2) is 23.6. The van der Waals surface area contributed by atoms with Crippen LogP contribution in [0, 0.1) is 0 Å². The van der Waals surface area contributed by atoms with Gasteiger partial charge in [-0.3, -0.25) is 4.89 Å². The topological polar surface area (TPSA) is 126 Å². The first-order valence-electron chi connectivity index (χ1n) is 18.5. The molecule has 0 amide bonds. The van der Waals surface area contributed by atoms with Crippen LogP contribution in [0.15, 0.2) is 127 Å². The zero-order valence-electron chi connectivity index (χ0n) is 30.9. The van der Waals surface area contributed by atoms with Gasteiger partial charge in [-0.1, -0.05) is 158 Å². The Morgan fingerprint density at radius 1 is 0.636 bits per heavy atom. The van der Waals surface area contributed by atoms with E-state index in [-0.39, 0.29) is 12.4 Å². The molecule has 0 saturated heterocycles. The van der Waals surface area contributed by atoms with E-state index in [1.54, 1.807) is 24.3 Å². The minimum atomic E-state index is -1.22. The van der Waals surface area contributed by atoms with Gasteiger partial charge in [0.05, 0.1) is 32.5 Å². The molecule has 292 valence electrons. The number of rotatable bonds is 20. The average molecular weight is 790 g/mol. The average Bonchev–Trinajstić information content (AvgIpc) is 3.22. The Hall–Kier alpha value is -4.25. The third-order valence-corrected chi connectivity index (χ3v) is 10.1. The first kappa shape index (κ1) is 43.5. The normalized spacial score (nSPS) is 11.7. The molecule has 55 heavy (non-hydrogen) atoms. The van der Waals surface area contributed by atoms with Crippen molar-refractivity contribution in [3.8, 4) is 5.75 Å². The van der Waals surface area contributed by atoms with Gasteiger partial charge in [0.25, 0.3) is 0 Å². The number of unbranched alkanes of at least 4 members (excludes halogenated alkanes) is 5. The predicted molar refractivity (Wildman–Crippen MR) is 216 cm³/mol. The highest BCUT2D eigenvalue weighted by Crippen LogP contribution is 2.40. The fourth-order valence-electron chi connectivity index (χ4n) is 6.41. The van der Waals surface area contributed by atoms with Crippen LogP contribution in [0.4, 0.5) is 0 Å². The van der Waals surface area contributed by atoms with Crippen molar-refractivity contribution >= 4 is 29.2 Å². The molecular formula is C45H50Cl2O8. The monoisotopic (exact) mass is 788 g/mol. The smallest absolute Gasteiger partial charge is 0.361 e. The molecule has 0 aliphatic rings. The first-order chi connectivity index (χ1) is 26.8. The molecule has 0 radical (unpaired) electrons. The molecule has 0 aliphatic carbocycles. The van der Waals surface area contributed by atoms with Crippen molar-refractivity contribution in [2.75, 3.05) is 19.8 Å². The van der Waals surface area contributed by atoms with Crippen LogP contribution in [-0.2, 0) is 37.8 Å². The number of phenols is 1. The van der Waals surface area contributed by atoms with Crippen LogP contribution in [0.25, 0.3) is 0 Å². The molecule has 4 N–H and O–H groups in total. The number of halogens is 2. The lowest BCUT2D eigenvalue weighted by molar-refractivity contribution is -0.238. The van der Waals surface area contributed by atoms with Gasteiger partial charge in [-0.25, -0.2) is 4.79 Å². The van der Waals surface area contributed by atoms with E-state index in [2.05, 4.69) is 4.89 Å². The number of carbonyl (C=O) groups is 1. The second-order valence-electron chi connectivity index (χ2n) is 13.1. The molecule has 5 aromatic carbocycles. The summed E-state index contributed by atoms with van der Waals surface area (Å²) in [6.07, 6.45) is 6.55. The summed E-state index contributed by atoms with van der Waals surface area (Å²) in [5.74, 6) is -0.678. The Labute approximate surface area is 333 Å². The molecule has 0 fully saturated rings. The largest absolute Gasteiger partial charge is 0.508 e. The molecule has 0 saturated carbocycles. The Balaban J connectivity index is 0.000000257. The summed E-state index contributed by atoms with van der Waals surface area (Å²) in [5, 5.41) is 39.5. The maximum absolute atomic E-state index is 12.8. The van der Waals surface area contributed by atoms with Crippen LogP contribution in [0.2, 0.25) is 10.0 Å². The summed E-state index contributed by atoms with van der Waals surface area (Å²) in [6, 6.07) is 38.3. The molecule has 8 nitrogen and oxygen atoms in total. The van der Waals surface area contributed by atoms with Crippen LogP contribution in [0.5, 0.6) is 5.75 Å². The van der Waals surface area contributed by atoms with Gasteiger partial charge in [-0.2, -0.15) is 5.26 Å². The fraction of sp³-hybridized carbons (Fsp3) is 0.311. The Kier molecular flexibility index (Phi) is 18.7. The lowest BCUT2D eigenvalue weighted by atomic mass is 9.69. The number of hydrogen-bond acceptors (Lipinski definition) is 8. The molecule has 10 heteroatoms. The Morgan fingerprint density at radius 3 is 1.67 bits per heavy atom. The van der Waals surface area contributed by atoms with E-state index >= 15 is 0 Å². The van der Waals surface area contributed by atoms with Crippen LogP contribution < -0.4 is 0 Å². The molecule has 0 heterocycles. The van der Waals surface area contributed by atoms with Gasteiger partial charge in [0.15, 0.2) is 0 Å². The quantitative estimate of drug-likeness (QED) is 0.0266. The van der Waals surface area contributed by atoms with Crippen LogP contribution >= 0.6 is 23.2 Å². The third kappa shape index (κ3) is 12.6. The van der Waals surface area contributed by atoms with Gasteiger partial charge >= 0.3 is 5.97 Å². The van der Waals surface area contributed by atoms with E-state index in [0.29, 0.717) is 41.9 Å². The van der Waals surface area contributed by atoms with E-state index in [1.165, 1.54) is 6.07 Å². The SMILES string of the molecule is O=C(OO)C(c1ccccc1)(c1ccccc1)c1ccccc1.OCc1cc([C@@H](O)CCCCCCCCOCCOCc2c(Cl)cccc2Cl)ccc1O. The number of benzene rings is 5. The lowest BCUT2D eigenvalue weighted by Crippen LogP contribution is -2.39. The van der Waals surface area contributed by atoms with Gasteiger partial charge < -0.3 is 24.8 Å². The van der Waals surface area contributed by atoms with Gasteiger partial charge in [0.1, 0.15) is 11.2 Å². The molecule has 5 aromatic rings. The number of hydrogen-bond donors (Lipinski definition) is 4. The fourth-order valence-corrected chi connectivity index (χ4v) is 6.91. The summed E-state index contributed by atoms with van der Waals surface area (Å²) in [7, 11) is 0. The van der Waals surface area contributed by atoms with Gasteiger partial charge in [0, 0.05) is 27.8 Å². The van der Waals surface area contributed by atoms with E-state index in [4.69, 9.17) is 32.7 Å². The minimum absolute atomic E-state index is 0.0574. The molecule has 0 spiro atoms. The van der Waals surface area contributed by atoms with Crippen molar-refractivity contribution in [1.29, 1.82) is 0 Å². The van der Waals surface area contributed by atoms with Gasteiger partial charge in [-0.15, -0.1) is 0 Å². The highest BCUT2D eigenvalue weighted by atomic mass is 35.5. The van der Waals surface area contributed by atoms with Crippen molar-refractivity contribution in [1.82, 2.24) is 0 Å². The molecule has 0 unspecified atom stereocenters. The summed E-state index contributed by atoms with van der Waals surface area (Å²) in [4.78, 5) is 17.0. The standard InChI is InChI=1S/C25H34Cl2O5.C20H16O3/c26-22-8-7-9-23(27)21(22)18-32-15-14-31-13-6-4-2-1-3-5-10-24(29)19-11-12-25(30)20(16-19)17-28;21-19(23-22)20(16-10-4-1-5-11-16,17-12-6-2-7-13-17)18-14-8-3-9-15-18/h7-9,11-12,16,24,28-30H,1-6,10,13-15,17-18H2;1-15,22H/t24-;/m0./s1. The van der Waals surface area contributed by atoms with Gasteiger partial charge in [0.2, 0.25) is 0 Å².